The molecular weight excluding hydrogens is 218 g/mol. The third-order valence-electron chi connectivity index (χ3n) is 2.57. The van der Waals surface area contributed by atoms with E-state index in [9.17, 15) is 4.79 Å². The first-order valence-corrected chi connectivity index (χ1v) is 5.69. The number of esters is 1. The fourth-order valence-corrected chi connectivity index (χ4v) is 1.67. The van der Waals surface area contributed by atoms with Crippen molar-refractivity contribution < 1.29 is 9.53 Å². The molecule has 0 aliphatic carbocycles. The number of rotatable bonds is 6. The Morgan fingerprint density at radius 2 is 2.35 bits per heavy atom. The number of nitrogen functional groups attached to an aromatic ring is 1. The summed E-state index contributed by atoms with van der Waals surface area (Å²) in [6.45, 7) is 6.39. The molecular formula is C12H19N3O2. The Bertz CT molecular complexity index is 410. The predicted octanol–water partition coefficient (Wildman–Crippen LogP) is 1.78. The van der Waals surface area contributed by atoms with Crippen molar-refractivity contribution in [1.29, 1.82) is 0 Å². The van der Waals surface area contributed by atoms with Gasteiger partial charge in [0.2, 0.25) is 0 Å². The number of imidazole rings is 1. The van der Waals surface area contributed by atoms with Gasteiger partial charge in [-0.25, -0.2) is 9.78 Å². The molecule has 2 N–H and O–H groups in total. The Kier molecular flexibility index (Phi) is 4.75. The minimum atomic E-state index is -0.486. The average molecular weight is 237 g/mol. The van der Waals surface area contributed by atoms with Crippen LogP contribution in [-0.4, -0.2) is 22.6 Å². The van der Waals surface area contributed by atoms with Gasteiger partial charge in [0.05, 0.1) is 7.11 Å². The van der Waals surface area contributed by atoms with Crippen LogP contribution in [0.5, 0.6) is 0 Å². The van der Waals surface area contributed by atoms with Gasteiger partial charge in [-0.15, -0.1) is 6.58 Å². The first-order valence-electron chi connectivity index (χ1n) is 5.69. The van der Waals surface area contributed by atoms with Crippen LogP contribution in [0.15, 0.2) is 12.7 Å². The van der Waals surface area contributed by atoms with E-state index in [1.165, 1.54) is 7.11 Å². The van der Waals surface area contributed by atoms with Crippen LogP contribution in [0.4, 0.5) is 5.82 Å². The van der Waals surface area contributed by atoms with Gasteiger partial charge in [0.1, 0.15) is 11.6 Å². The van der Waals surface area contributed by atoms with E-state index in [0.717, 1.165) is 31.6 Å². The lowest BCUT2D eigenvalue weighted by molar-refractivity contribution is 0.0595. The standard InChI is InChI=1S/C12H19N3O2/c1-4-6-7-8-15-9(5-2)14-10(11(15)13)12(16)17-3/h4H,1,5-8,13H2,2-3H3. The molecule has 94 valence electrons. The summed E-state index contributed by atoms with van der Waals surface area (Å²) >= 11 is 0. The number of hydrogen-bond acceptors (Lipinski definition) is 4. The van der Waals surface area contributed by atoms with Crippen molar-refractivity contribution in [2.24, 2.45) is 0 Å². The molecule has 5 nitrogen and oxygen atoms in total. The SMILES string of the molecule is C=CCCCn1c(CC)nc(C(=O)OC)c1N. The highest BCUT2D eigenvalue weighted by molar-refractivity contribution is 5.92. The van der Waals surface area contributed by atoms with Crippen molar-refractivity contribution in [3.05, 3.63) is 24.2 Å². The van der Waals surface area contributed by atoms with E-state index in [1.54, 1.807) is 0 Å². The van der Waals surface area contributed by atoms with Crippen LogP contribution >= 0.6 is 0 Å². The number of nitrogens with zero attached hydrogens (tertiary/aromatic N) is 2. The van der Waals surface area contributed by atoms with Crippen LogP contribution in [0.2, 0.25) is 0 Å². The van der Waals surface area contributed by atoms with Crippen LogP contribution in [0, 0.1) is 0 Å². The van der Waals surface area contributed by atoms with Gasteiger partial charge in [-0.05, 0) is 12.8 Å². The fourth-order valence-electron chi connectivity index (χ4n) is 1.67. The Labute approximate surface area is 101 Å². The zero-order valence-corrected chi connectivity index (χ0v) is 10.4. The molecule has 0 unspecified atom stereocenters. The summed E-state index contributed by atoms with van der Waals surface area (Å²) in [6.07, 6.45) is 4.43. The van der Waals surface area contributed by atoms with Crippen LogP contribution in [0.3, 0.4) is 0 Å². The molecule has 1 aromatic heterocycles. The Morgan fingerprint density at radius 3 is 2.88 bits per heavy atom. The molecule has 0 aliphatic heterocycles. The summed E-state index contributed by atoms with van der Waals surface area (Å²) in [7, 11) is 1.32. The largest absolute Gasteiger partial charge is 0.464 e. The summed E-state index contributed by atoms with van der Waals surface area (Å²) in [4.78, 5) is 15.7. The highest BCUT2D eigenvalue weighted by Gasteiger charge is 2.19. The number of carbonyl (C=O) groups is 1. The van der Waals surface area contributed by atoms with Crippen LogP contribution in [-0.2, 0) is 17.7 Å². The molecule has 0 aromatic carbocycles. The third kappa shape index (κ3) is 2.87. The molecule has 0 saturated carbocycles. The molecule has 0 fully saturated rings. The molecule has 17 heavy (non-hydrogen) atoms. The smallest absolute Gasteiger partial charge is 0.360 e. The highest BCUT2D eigenvalue weighted by atomic mass is 16.5. The minimum Gasteiger partial charge on any atom is -0.464 e. The van der Waals surface area contributed by atoms with E-state index in [2.05, 4.69) is 16.3 Å². The number of nitrogens with two attached hydrogens (primary N) is 1. The number of carbonyl (C=O) groups excluding carboxylic acids is 1. The van der Waals surface area contributed by atoms with E-state index >= 15 is 0 Å². The number of anilines is 1. The maximum absolute atomic E-state index is 11.5. The van der Waals surface area contributed by atoms with Crippen molar-refractivity contribution in [2.45, 2.75) is 32.7 Å². The topological polar surface area (TPSA) is 70.1 Å². The monoisotopic (exact) mass is 237 g/mol. The normalized spacial score (nSPS) is 10.2. The molecule has 1 rings (SSSR count). The zero-order chi connectivity index (χ0) is 12.8. The molecule has 1 heterocycles. The van der Waals surface area contributed by atoms with Gasteiger partial charge in [0, 0.05) is 13.0 Å². The van der Waals surface area contributed by atoms with Crippen molar-refractivity contribution in [3.8, 4) is 0 Å². The van der Waals surface area contributed by atoms with Gasteiger partial charge in [-0.1, -0.05) is 13.0 Å². The van der Waals surface area contributed by atoms with Gasteiger partial charge in [0.15, 0.2) is 5.69 Å². The summed E-state index contributed by atoms with van der Waals surface area (Å²) in [5, 5.41) is 0. The summed E-state index contributed by atoms with van der Waals surface area (Å²) < 4.78 is 6.52. The number of methoxy groups -OCH3 is 1. The molecule has 0 spiro atoms. The second kappa shape index (κ2) is 6.08. The van der Waals surface area contributed by atoms with Crippen LogP contribution in [0.25, 0.3) is 0 Å². The van der Waals surface area contributed by atoms with Crippen LogP contribution < -0.4 is 5.73 Å². The second-order valence-electron chi connectivity index (χ2n) is 3.69. The van der Waals surface area contributed by atoms with Gasteiger partial charge in [0.25, 0.3) is 0 Å². The van der Waals surface area contributed by atoms with Crippen molar-refractivity contribution in [2.75, 3.05) is 12.8 Å². The molecule has 0 radical (unpaired) electrons. The van der Waals surface area contributed by atoms with Gasteiger partial charge < -0.3 is 15.0 Å². The molecule has 0 atom stereocenters. The summed E-state index contributed by atoms with van der Waals surface area (Å²) in [6, 6.07) is 0. The van der Waals surface area contributed by atoms with Crippen molar-refractivity contribution in [3.63, 3.8) is 0 Å². The fraction of sp³-hybridized carbons (Fsp3) is 0.500. The molecule has 0 amide bonds. The van der Waals surface area contributed by atoms with E-state index in [0.29, 0.717) is 5.82 Å². The maximum atomic E-state index is 11.5. The number of hydrogen-bond donors (Lipinski definition) is 1. The summed E-state index contributed by atoms with van der Waals surface area (Å²) in [5.74, 6) is 0.712. The Hall–Kier alpha value is -1.78. The van der Waals surface area contributed by atoms with E-state index < -0.39 is 5.97 Å². The second-order valence-corrected chi connectivity index (χ2v) is 3.69. The lowest BCUT2D eigenvalue weighted by Gasteiger charge is -2.07. The first-order chi connectivity index (χ1) is 8.15. The van der Waals surface area contributed by atoms with Crippen LogP contribution in [0.1, 0.15) is 36.1 Å². The number of allylic oxidation sites excluding steroid dienone is 1. The Morgan fingerprint density at radius 1 is 1.65 bits per heavy atom. The maximum Gasteiger partial charge on any atom is 0.360 e. The number of aromatic nitrogens is 2. The molecule has 1 aromatic rings. The lowest BCUT2D eigenvalue weighted by Crippen LogP contribution is -2.09. The van der Waals surface area contributed by atoms with E-state index in [-0.39, 0.29) is 5.69 Å². The summed E-state index contributed by atoms with van der Waals surface area (Å²) in [5.41, 5.74) is 6.12. The van der Waals surface area contributed by atoms with Gasteiger partial charge >= 0.3 is 5.97 Å². The van der Waals surface area contributed by atoms with Crippen molar-refractivity contribution in [1.82, 2.24) is 9.55 Å². The van der Waals surface area contributed by atoms with Gasteiger partial charge in [-0.2, -0.15) is 0 Å². The number of unbranched alkanes of at least 4 members (excludes halogenated alkanes) is 1. The van der Waals surface area contributed by atoms with Gasteiger partial charge in [-0.3, -0.25) is 0 Å². The highest BCUT2D eigenvalue weighted by Crippen LogP contribution is 2.17. The molecule has 5 heteroatoms. The molecule has 0 bridgehead atoms. The first kappa shape index (κ1) is 13.3. The molecule has 0 saturated heterocycles. The predicted molar refractivity (Wildman–Crippen MR) is 66.8 cm³/mol. The van der Waals surface area contributed by atoms with E-state index in [1.807, 2.05) is 17.6 Å². The zero-order valence-electron chi connectivity index (χ0n) is 10.4. The van der Waals surface area contributed by atoms with E-state index in [4.69, 9.17) is 5.73 Å². The lowest BCUT2D eigenvalue weighted by atomic mass is 10.3. The number of ether oxygens (including phenoxy) is 1. The molecule has 0 aliphatic rings. The quantitative estimate of drug-likeness (QED) is 0.465. The van der Waals surface area contributed by atoms with Crippen molar-refractivity contribution >= 4 is 11.8 Å². The average Bonchev–Trinajstić information content (AvgIpc) is 2.66. The Balaban J connectivity index is 2.97. The third-order valence-corrected chi connectivity index (χ3v) is 2.57. The minimum absolute atomic E-state index is 0.211. The number of aryl methyl sites for hydroxylation is 1.